The molecule has 1 aromatic heterocycles. The smallest absolute Gasteiger partial charge is 0.276 e. The van der Waals surface area contributed by atoms with E-state index in [1.165, 1.54) is 0 Å². The molecule has 4 N–H and O–H groups in total. The Hall–Kier alpha value is -2.31. The Morgan fingerprint density at radius 3 is 2.74 bits per heavy atom. The second-order valence-electron chi connectivity index (χ2n) is 4.59. The highest BCUT2D eigenvalue weighted by molar-refractivity contribution is 6.42. The van der Waals surface area contributed by atoms with Crippen molar-refractivity contribution in [2.45, 2.75) is 6.54 Å². The van der Waals surface area contributed by atoms with Gasteiger partial charge in [-0.05, 0) is 17.7 Å². The van der Waals surface area contributed by atoms with Gasteiger partial charge in [0.25, 0.3) is 5.56 Å². The van der Waals surface area contributed by atoms with Crippen LogP contribution in [-0.2, 0) is 6.54 Å². The van der Waals surface area contributed by atoms with Gasteiger partial charge in [0, 0.05) is 19.3 Å². The van der Waals surface area contributed by atoms with E-state index in [2.05, 4.69) is 27.2 Å². The molecular weight excluding hydrogens is 337 g/mol. The lowest BCUT2D eigenvalue weighted by atomic mass is 10.2. The summed E-state index contributed by atoms with van der Waals surface area (Å²) in [4.78, 5) is 18.9. The van der Waals surface area contributed by atoms with Crippen molar-refractivity contribution in [3.05, 3.63) is 62.5 Å². The van der Waals surface area contributed by atoms with Crippen LogP contribution in [0.1, 0.15) is 11.3 Å². The Morgan fingerprint density at radius 2 is 2.09 bits per heavy atom. The molecule has 8 heteroatoms. The summed E-state index contributed by atoms with van der Waals surface area (Å²) in [6.07, 6.45) is 2.63. The van der Waals surface area contributed by atoms with E-state index in [0.29, 0.717) is 23.1 Å². The number of hydrogen-bond acceptors (Lipinski definition) is 5. The maximum absolute atomic E-state index is 12.1. The van der Waals surface area contributed by atoms with Crippen LogP contribution in [0.15, 0.2) is 35.6 Å². The van der Waals surface area contributed by atoms with Crippen molar-refractivity contribution in [1.82, 2.24) is 9.97 Å². The summed E-state index contributed by atoms with van der Waals surface area (Å²) in [6, 6.07) is 5.24. The number of aromatic amines is 1. The number of nitrogens with one attached hydrogen (secondary N) is 4. The van der Waals surface area contributed by atoms with Gasteiger partial charge in [-0.25, -0.2) is 4.98 Å². The number of anilines is 2. The monoisotopic (exact) mass is 351 g/mol. The predicted molar refractivity (Wildman–Crippen MR) is 95.2 cm³/mol. The number of H-pyrrole nitrogens is 1. The van der Waals surface area contributed by atoms with Crippen LogP contribution >= 0.6 is 23.2 Å². The molecule has 6 nitrogen and oxygen atoms in total. The minimum atomic E-state index is -0.364. The molecule has 0 bridgehead atoms. The number of benzene rings is 1. The van der Waals surface area contributed by atoms with E-state index >= 15 is 0 Å². The molecule has 0 unspecified atom stereocenters. The fourth-order valence-electron chi connectivity index (χ4n) is 1.86. The molecule has 120 valence electrons. The van der Waals surface area contributed by atoms with Crippen molar-refractivity contribution in [3.63, 3.8) is 0 Å². The summed E-state index contributed by atoms with van der Waals surface area (Å²) in [5.41, 5.74) is 0.997. The average molecular weight is 352 g/mol. The van der Waals surface area contributed by atoms with E-state index in [1.807, 2.05) is 6.07 Å². The summed E-state index contributed by atoms with van der Waals surface area (Å²) >= 11 is 11.8. The molecule has 0 aliphatic heterocycles. The quantitative estimate of drug-likeness (QED) is 0.454. The molecule has 0 saturated carbocycles. The van der Waals surface area contributed by atoms with Gasteiger partial charge >= 0.3 is 0 Å². The van der Waals surface area contributed by atoms with E-state index in [-0.39, 0.29) is 22.9 Å². The highest BCUT2D eigenvalue weighted by Gasteiger charge is 2.09. The number of nitrogens with zero attached hydrogens (tertiary/aromatic N) is 1. The first kappa shape index (κ1) is 17.1. The zero-order chi connectivity index (χ0) is 16.8. The number of aromatic nitrogens is 2. The van der Waals surface area contributed by atoms with Gasteiger partial charge < -0.3 is 16.0 Å². The van der Waals surface area contributed by atoms with Gasteiger partial charge in [-0.1, -0.05) is 35.3 Å². The van der Waals surface area contributed by atoms with Crippen LogP contribution in [0.2, 0.25) is 10.0 Å². The molecule has 0 radical (unpaired) electrons. The lowest BCUT2D eigenvalue weighted by molar-refractivity contribution is 1.03. The van der Waals surface area contributed by atoms with Crippen molar-refractivity contribution in [3.8, 4) is 0 Å². The van der Waals surface area contributed by atoms with E-state index in [0.717, 1.165) is 11.8 Å². The third kappa shape index (κ3) is 4.34. The van der Waals surface area contributed by atoms with Crippen molar-refractivity contribution in [2.24, 2.45) is 0 Å². The summed E-state index contributed by atoms with van der Waals surface area (Å²) in [5, 5.41) is 14.2. The topological polar surface area (TPSA) is 93.7 Å². The maximum atomic E-state index is 12.1. The third-order valence-corrected chi connectivity index (χ3v) is 3.69. The van der Waals surface area contributed by atoms with Crippen LogP contribution in [0.25, 0.3) is 0 Å². The van der Waals surface area contributed by atoms with Gasteiger partial charge in [-0.2, -0.15) is 0 Å². The van der Waals surface area contributed by atoms with Crippen molar-refractivity contribution in [2.75, 3.05) is 17.2 Å². The Morgan fingerprint density at radius 1 is 1.30 bits per heavy atom. The van der Waals surface area contributed by atoms with Crippen LogP contribution < -0.4 is 16.2 Å². The normalized spacial score (nSPS) is 10.2. The number of hydrogen-bond donors (Lipinski definition) is 4. The minimum Gasteiger partial charge on any atom is -0.375 e. The van der Waals surface area contributed by atoms with Crippen molar-refractivity contribution < 1.29 is 0 Å². The Kier molecular flexibility index (Phi) is 5.78. The zero-order valence-corrected chi connectivity index (χ0v) is 13.6. The van der Waals surface area contributed by atoms with Crippen molar-refractivity contribution in [1.29, 1.82) is 5.41 Å². The predicted octanol–water partition coefficient (Wildman–Crippen LogP) is 3.28. The summed E-state index contributed by atoms with van der Waals surface area (Å²) in [7, 11) is 0. The molecule has 0 spiro atoms. The first-order valence-electron chi connectivity index (χ1n) is 6.72. The van der Waals surface area contributed by atoms with Crippen LogP contribution in [-0.4, -0.2) is 22.7 Å². The Labute approximate surface area is 143 Å². The van der Waals surface area contributed by atoms with Gasteiger partial charge in [0.2, 0.25) is 5.95 Å². The SMILES string of the molecule is C=CCNc1c(C=N)nc(NCc2ccc(Cl)c(Cl)c2)[nH]c1=O. The van der Waals surface area contributed by atoms with Gasteiger partial charge in [0.05, 0.1) is 10.0 Å². The van der Waals surface area contributed by atoms with E-state index < -0.39 is 0 Å². The van der Waals surface area contributed by atoms with E-state index in [9.17, 15) is 4.79 Å². The molecule has 1 heterocycles. The van der Waals surface area contributed by atoms with Gasteiger partial charge in [-0.15, -0.1) is 6.58 Å². The largest absolute Gasteiger partial charge is 0.375 e. The average Bonchev–Trinajstić information content (AvgIpc) is 2.54. The molecule has 23 heavy (non-hydrogen) atoms. The summed E-state index contributed by atoms with van der Waals surface area (Å²) < 4.78 is 0. The van der Waals surface area contributed by atoms with Crippen molar-refractivity contribution >= 4 is 41.1 Å². The highest BCUT2D eigenvalue weighted by atomic mass is 35.5. The molecule has 1 aromatic carbocycles. The molecular formula is C15H15Cl2N5O. The molecule has 0 aliphatic carbocycles. The highest BCUT2D eigenvalue weighted by Crippen LogP contribution is 2.22. The lowest BCUT2D eigenvalue weighted by Gasteiger charge is -2.10. The van der Waals surface area contributed by atoms with Crippen LogP contribution in [0.4, 0.5) is 11.6 Å². The van der Waals surface area contributed by atoms with Gasteiger partial charge in [0.1, 0.15) is 11.4 Å². The van der Waals surface area contributed by atoms with E-state index in [4.69, 9.17) is 28.6 Å². The fraction of sp³-hybridized carbons (Fsp3) is 0.133. The minimum absolute atomic E-state index is 0.236. The van der Waals surface area contributed by atoms with Crippen LogP contribution in [0, 0.1) is 5.41 Å². The van der Waals surface area contributed by atoms with Crippen LogP contribution in [0.5, 0.6) is 0 Å². The zero-order valence-electron chi connectivity index (χ0n) is 12.1. The van der Waals surface area contributed by atoms with E-state index in [1.54, 1.807) is 18.2 Å². The van der Waals surface area contributed by atoms with Gasteiger partial charge in [0.15, 0.2) is 0 Å². The fourth-order valence-corrected chi connectivity index (χ4v) is 2.18. The first-order valence-corrected chi connectivity index (χ1v) is 7.48. The molecule has 0 amide bonds. The molecule has 0 saturated heterocycles. The van der Waals surface area contributed by atoms with Crippen LogP contribution in [0.3, 0.4) is 0 Å². The Balaban J connectivity index is 2.18. The third-order valence-electron chi connectivity index (χ3n) is 2.95. The molecule has 2 aromatic rings. The Bertz CT molecular complexity index is 788. The second-order valence-corrected chi connectivity index (χ2v) is 5.41. The lowest BCUT2D eigenvalue weighted by Crippen LogP contribution is -2.20. The first-order chi connectivity index (χ1) is 11.0. The molecule has 2 rings (SSSR count). The van der Waals surface area contributed by atoms with Gasteiger partial charge in [-0.3, -0.25) is 9.78 Å². The number of rotatable bonds is 7. The maximum Gasteiger partial charge on any atom is 0.276 e. The molecule has 0 aliphatic rings. The molecule has 0 fully saturated rings. The standard InChI is InChI=1S/C15H15Cl2N5O/c1-2-5-19-13-12(7-18)21-15(22-14(13)23)20-8-9-3-4-10(16)11(17)6-9/h2-4,6-7,18-19H,1,5,8H2,(H2,20,21,22,23). The summed E-state index contributed by atoms with van der Waals surface area (Å²) in [5.74, 6) is 0.267. The number of halogens is 2. The second kappa shape index (κ2) is 7.80. The summed E-state index contributed by atoms with van der Waals surface area (Å²) in [6.45, 7) is 4.37. The molecule has 0 atom stereocenters.